The Morgan fingerprint density at radius 1 is 1.70 bits per heavy atom. The Morgan fingerprint density at radius 2 is 2.20 bits per heavy atom. The second kappa shape index (κ2) is 3.78. The van der Waals surface area contributed by atoms with Crippen LogP contribution in [0, 0.1) is 0 Å². The average Bonchev–Trinajstić information content (AvgIpc) is 1.59. The maximum absolute atomic E-state index is 10.3. The summed E-state index contributed by atoms with van der Waals surface area (Å²) in [5.74, 6) is -0.453. The molecule has 0 aliphatic carbocycles. The van der Waals surface area contributed by atoms with E-state index in [0.717, 1.165) is 0 Å². The molecule has 0 spiro atoms. The van der Waals surface area contributed by atoms with Crippen molar-refractivity contribution in [1.82, 2.24) is 0 Å². The van der Waals surface area contributed by atoms with Crippen LogP contribution in [0.1, 0.15) is 20.8 Å². The second-order valence-electron chi connectivity index (χ2n) is 1.86. The highest BCUT2D eigenvalue weighted by atomic mass is 35.5. The lowest BCUT2D eigenvalue weighted by atomic mass is 10.7. The van der Waals surface area contributed by atoms with E-state index >= 15 is 0 Å². The first-order valence-corrected chi connectivity index (χ1v) is 3.38. The Kier molecular flexibility index (Phi) is 3.68. The molecule has 0 saturated carbocycles. The van der Waals surface area contributed by atoms with Crippen molar-refractivity contribution >= 4 is 17.6 Å². The van der Waals surface area contributed by atoms with Crippen molar-refractivity contribution in [2.24, 2.45) is 0 Å². The largest absolute Gasteiger partial charge is 0.419 e. The normalized spacial score (nSPS) is 16.0. The van der Waals surface area contributed by atoms with Gasteiger partial charge >= 0.3 is 5.97 Å². The summed E-state index contributed by atoms with van der Waals surface area (Å²) >= 11 is 5.57. The molecule has 10 heavy (non-hydrogen) atoms. The first kappa shape index (κ1) is 9.72. The third-order valence-corrected chi connectivity index (χ3v) is 0.914. The van der Waals surface area contributed by atoms with E-state index in [4.69, 9.17) is 16.3 Å². The number of carbonyl (C=O) groups excluding carboxylic acids is 1. The number of halogens is 1. The summed E-state index contributed by atoms with van der Waals surface area (Å²) in [5.41, 5.74) is 0. The predicted octanol–water partition coefficient (Wildman–Crippen LogP) is 1.50. The zero-order valence-corrected chi connectivity index (χ0v) is 7.07. The zero-order chi connectivity index (χ0) is 8.20. The van der Waals surface area contributed by atoms with Crippen molar-refractivity contribution in [2.75, 3.05) is 6.61 Å². The molecule has 0 aromatic rings. The monoisotopic (exact) mass is 166 g/mol. The van der Waals surface area contributed by atoms with Gasteiger partial charge in [-0.3, -0.25) is 4.79 Å². The van der Waals surface area contributed by atoms with E-state index in [1.165, 1.54) is 13.8 Å². The number of hydrogen-bond donors (Lipinski definition) is 0. The lowest BCUT2D eigenvalue weighted by molar-refractivity contribution is -0.185. The standard InChI is InChI=1S/C6H11ClO3/c1-4-9-6(3,7)10-5(2)8/h4H2,1-3H3. The zero-order valence-electron chi connectivity index (χ0n) is 6.31. The SMILES string of the molecule is CCOC(C)(Cl)OC(C)=O. The Morgan fingerprint density at radius 3 is 2.50 bits per heavy atom. The fourth-order valence-electron chi connectivity index (χ4n) is 0.544. The third-order valence-electron chi connectivity index (χ3n) is 0.728. The summed E-state index contributed by atoms with van der Waals surface area (Å²) in [6.07, 6.45) is 0. The van der Waals surface area contributed by atoms with Gasteiger partial charge in [0.05, 0.1) is 0 Å². The molecule has 0 radical (unpaired) electrons. The summed E-state index contributed by atoms with van der Waals surface area (Å²) < 4.78 is 9.44. The van der Waals surface area contributed by atoms with Crippen LogP contribution in [0.4, 0.5) is 0 Å². The molecular formula is C6H11ClO3. The molecule has 0 N–H and O–H groups in total. The summed E-state index contributed by atoms with van der Waals surface area (Å²) in [7, 11) is 0. The molecule has 0 aromatic carbocycles. The van der Waals surface area contributed by atoms with Crippen molar-refractivity contribution in [1.29, 1.82) is 0 Å². The van der Waals surface area contributed by atoms with E-state index in [0.29, 0.717) is 6.61 Å². The van der Waals surface area contributed by atoms with Crippen LogP contribution in [-0.2, 0) is 14.3 Å². The number of esters is 1. The van der Waals surface area contributed by atoms with Crippen LogP contribution in [-0.4, -0.2) is 17.8 Å². The summed E-state index contributed by atoms with van der Waals surface area (Å²) in [6.45, 7) is 4.93. The first-order valence-electron chi connectivity index (χ1n) is 3.00. The van der Waals surface area contributed by atoms with Crippen molar-refractivity contribution < 1.29 is 14.3 Å². The maximum Gasteiger partial charge on any atom is 0.306 e. The quantitative estimate of drug-likeness (QED) is 0.362. The van der Waals surface area contributed by atoms with Gasteiger partial charge in [0.25, 0.3) is 5.25 Å². The first-order chi connectivity index (χ1) is 4.48. The Hall–Kier alpha value is -0.280. The van der Waals surface area contributed by atoms with Gasteiger partial charge in [-0.2, -0.15) is 0 Å². The van der Waals surface area contributed by atoms with Crippen molar-refractivity contribution in [2.45, 2.75) is 26.0 Å². The number of hydrogen-bond acceptors (Lipinski definition) is 3. The molecule has 0 fully saturated rings. The molecule has 0 aliphatic rings. The Labute approximate surface area is 65.3 Å². The van der Waals surface area contributed by atoms with Gasteiger partial charge < -0.3 is 9.47 Å². The molecule has 0 saturated heterocycles. The molecule has 3 nitrogen and oxygen atoms in total. The van der Waals surface area contributed by atoms with Crippen LogP contribution >= 0.6 is 11.6 Å². The van der Waals surface area contributed by atoms with Crippen molar-refractivity contribution in [3.63, 3.8) is 0 Å². The van der Waals surface area contributed by atoms with Crippen LogP contribution in [0.2, 0.25) is 0 Å². The lowest BCUT2D eigenvalue weighted by Gasteiger charge is -2.20. The summed E-state index contributed by atoms with van der Waals surface area (Å²) in [5, 5.41) is -1.30. The summed E-state index contributed by atoms with van der Waals surface area (Å²) in [6, 6.07) is 0. The van der Waals surface area contributed by atoms with Crippen LogP contribution in [0.25, 0.3) is 0 Å². The number of rotatable bonds is 3. The molecule has 60 valence electrons. The maximum atomic E-state index is 10.3. The molecule has 0 aliphatic heterocycles. The Bertz CT molecular complexity index is 122. The van der Waals surface area contributed by atoms with Gasteiger partial charge in [0.1, 0.15) is 0 Å². The van der Waals surface area contributed by atoms with Crippen LogP contribution in [0.5, 0.6) is 0 Å². The van der Waals surface area contributed by atoms with Gasteiger partial charge in [0.15, 0.2) is 0 Å². The van der Waals surface area contributed by atoms with E-state index in [1.807, 2.05) is 0 Å². The van der Waals surface area contributed by atoms with E-state index in [2.05, 4.69) is 4.74 Å². The highest BCUT2D eigenvalue weighted by Crippen LogP contribution is 2.17. The molecule has 1 atom stereocenters. The molecule has 1 unspecified atom stereocenters. The molecule has 0 aromatic heterocycles. The molecule has 0 amide bonds. The molecule has 0 rings (SSSR count). The molecule has 0 bridgehead atoms. The van der Waals surface area contributed by atoms with Gasteiger partial charge in [-0.15, -0.1) is 0 Å². The van der Waals surface area contributed by atoms with Gasteiger partial charge in [0.2, 0.25) is 0 Å². The van der Waals surface area contributed by atoms with E-state index in [9.17, 15) is 4.79 Å². The van der Waals surface area contributed by atoms with Crippen LogP contribution in [0.3, 0.4) is 0 Å². The minimum atomic E-state index is -1.30. The molecular weight excluding hydrogens is 156 g/mol. The van der Waals surface area contributed by atoms with Crippen molar-refractivity contribution in [3.8, 4) is 0 Å². The van der Waals surface area contributed by atoms with Crippen molar-refractivity contribution in [3.05, 3.63) is 0 Å². The van der Waals surface area contributed by atoms with Gasteiger partial charge in [0, 0.05) is 20.5 Å². The Balaban J connectivity index is 3.74. The minimum absolute atomic E-state index is 0.410. The van der Waals surface area contributed by atoms with E-state index < -0.39 is 11.2 Å². The van der Waals surface area contributed by atoms with E-state index in [1.54, 1.807) is 6.92 Å². The van der Waals surface area contributed by atoms with Gasteiger partial charge in [-0.25, -0.2) is 0 Å². The predicted molar refractivity (Wildman–Crippen MR) is 37.6 cm³/mol. The fraction of sp³-hybridized carbons (Fsp3) is 0.833. The van der Waals surface area contributed by atoms with E-state index in [-0.39, 0.29) is 0 Å². The lowest BCUT2D eigenvalue weighted by Crippen LogP contribution is -2.27. The van der Waals surface area contributed by atoms with Gasteiger partial charge in [-0.1, -0.05) is 0 Å². The fourth-order valence-corrected chi connectivity index (χ4v) is 0.762. The molecule has 0 heterocycles. The third kappa shape index (κ3) is 4.58. The number of carbonyl (C=O) groups is 1. The molecule has 4 heteroatoms. The number of alkyl halides is 1. The minimum Gasteiger partial charge on any atom is -0.419 e. The highest BCUT2D eigenvalue weighted by molar-refractivity contribution is 6.22. The van der Waals surface area contributed by atoms with Gasteiger partial charge in [-0.05, 0) is 18.5 Å². The topological polar surface area (TPSA) is 35.5 Å². The van der Waals surface area contributed by atoms with Crippen LogP contribution in [0.15, 0.2) is 0 Å². The number of ether oxygens (including phenoxy) is 2. The van der Waals surface area contributed by atoms with Crippen LogP contribution < -0.4 is 0 Å². The highest BCUT2D eigenvalue weighted by Gasteiger charge is 2.23. The second-order valence-corrected chi connectivity index (χ2v) is 2.55. The summed E-state index contributed by atoms with van der Waals surface area (Å²) in [4.78, 5) is 10.3. The average molecular weight is 167 g/mol. The smallest absolute Gasteiger partial charge is 0.306 e.